The van der Waals surface area contributed by atoms with Gasteiger partial charge in [0.1, 0.15) is 5.01 Å². The zero-order valence-corrected chi connectivity index (χ0v) is 9.58. The van der Waals surface area contributed by atoms with Gasteiger partial charge in [0, 0.05) is 11.8 Å². The van der Waals surface area contributed by atoms with Crippen molar-refractivity contribution in [2.75, 3.05) is 0 Å². The summed E-state index contributed by atoms with van der Waals surface area (Å²) in [6, 6.07) is 8.23. The summed E-state index contributed by atoms with van der Waals surface area (Å²) in [6.07, 6.45) is 1.31. The van der Waals surface area contributed by atoms with E-state index >= 15 is 0 Å². The number of aromatic nitrogens is 1. The Kier molecular flexibility index (Phi) is 2.84. The molecule has 0 saturated carbocycles. The van der Waals surface area contributed by atoms with Crippen LogP contribution >= 0.6 is 11.3 Å². The minimum Gasteiger partial charge on any atom is -0.388 e. The van der Waals surface area contributed by atoms with E-state index in [9.17, 15) is 5.11 Å². The lowest BCUT2D eigenvalue weighted by molar-refractivity contribution is 0.203. The highest BCUT2D eigenvalue weighted by atomic mass is 32.1. The van der Waals surface area contributed by atoms with Gasteiger partial charge in [0.25, 0.3) is 0 Å². The van der Waals surface area contributed by atoms with Gasteiger partial charge in [-0.05, 0) is 19.9 Å². The van der Waals surface area contributed by atoms with Gasteiger partial charge in [0.05, 0.1) is 11.0 Å². The molecule has 0 saturated heterocycles. The van der Waals surface area contributed by atoms with Crippen LogP contribution in [0, 0.1) is 6.92 Å². The van der Waals surface area contributed by atoms with E-state index in [1.54, 1.807) is 24.5 Å². The number of hydrogen-bond donors (Lipinski definition) is 1. The maximum absolute atomic E-state index is 9.41. The first-order valence-corrected chi connectivity index (χ1v) is 5.69. The van der Waals surface area contributed by atoms with Crippen LogP contribution < -0.4 is 0 Å². The highest BCUT2D eigenvalue weighted by Crippen LogP contribution is 2.28. The summed E-state index contributed by atoms with van der Waals surface area (Å²) < 4.78 is 0. The Hall–Kier alpha value is -1.19. The average molecular weight is 219 g/mol. The Balaban J connectivity index is 2.37. The van der Waals surface area contributed by atoms with Gasteiger partial charge >= 0.3 is 0 Å². The van der Waals surface area contributed by atoms with E-state index in [2.05, 4.69) is 24.0 Å². The van der Waals surface area contributed by atoms with Crippen molar-refractivity contribution in [1.82, 2.24) is 4.98 Å². The van der Waals surface area contributed by atoms with Crippen molar-refractivity contribution in [1.29, 1.82) is 0 Å². The third-order valence-corrected chi connectivity index (χ3v) is 3.42. The molecule has 78 valence electrons. The fourth-order valence-electron chi connectivity index (χ4n) is 1.39. The Labute approximate surface area is 93.2 Å². The zero-order valence-electron chi connectivity index (χ0n) is 8.77. The molecule has 1 unspecified atom stereocenters. The third-order valence-electron chi connectivity index (χ3n) is 2.20. The number of nitrogens with zero attached hydrogens (tertiary/aromatic N) is 1. The average Bonchev–Trinajstić information content (AvgIpc) is 2.66. The van der Waals surface area contributed by atoms with E-state index in [0.717, 1.165) is 15.4 Å². The summed E-state index contributed by atoms with van der Waals surface area (Å²) in [5.74, 6) is 0. The standard InChI is InChI=1S/C12H13NOS/c1-8-4-3-5-10(6-8)12-13-7-11(15-12)9(2)14/h3-7,9,14H,1-2H3. The summed E-state index contributed by atoms with van der Waals surface area (Å²) in [5.41, 5.74) is 2.34. The van der Waals surface area contributed by atoms with Crippen LogP contribution in [0.15, 0.2) is 30.5 Å². The molecular formula is C12H13NOS. The minimum absolute atomic E-state index is 0.430. The van der Waals surface area contributed by atoms with E-state index in [0.29, 0.717) is 0 Å². The Morgan fingerprint density at radius 3 is 2.80 bits per heavy atom. The van der Waals surface area contributed by atoms with Crippen LogP contribution in [-0.2, 0) is 0 Å². The molecule has 0 aliphatic carbocycles. The molecule has 0 amide bonds. The van der Waals surface area contributed by atoms with Crippen molar-refractivity contribution < 1.29 is 5.11 Å². The van der Waals surface area contributed by atoms with Crippen molar-refractivity contribution >= 4 is 11.3 Å². The van der Waals surface area contributed by atoms with Gasteiger partial charge in [0.2, 0.25) is 0 Å². The van der Waals surface area contributed by atoms with E-state index in [1.807, 2.05) is 12.1 Å². The van der Waals surface area contributed by atoms with Crippen molar-refractivity contribution in [2.45, 2.75) is 20.0 Å². The second kappa shape index (κ2) is 4.13. The molecule has 2 aromatic rings. The molecule has 3 heteroatoms. The van der Waals surface area contributed by atoms with Crippen molar-refractivity contribution in [2.24, 2.45) is 0 Å². The largest absolute Gasteiger partial charge is 0.388 e. The lowest BCUT2D eigenvalue weighted by Crippen LogP contribution is -1.83. The summed E-state index contributed by atoms with van der Waals surface area (Å²) in [5, 5.41) is 10.4. The lowest BCUT2D eigenvalue weighted by atomic mass is 10.1. The third kappa shape index (κ3) is 2.25. The molecule has 0 radical (unpaired) electrons. The number of aryl methyl sites for hydroxylation is 1. The molecule has 2 nitrogen and oxygen atoms in total. The van der Waals surface area contributed by atoms with Crippen LogP contribution in [0.2, 0.25) is 0 Å². The van der Waals surface area contributed by atoms with E-state index in [1.165, 1.54) is 5.56 Å². The topological polar surface area (TPSA) is 33.1 Å². The molecule has 1 aromatic heterocycles. The van der Waals surface area contributed by atoms with E-state index in [-0.39, 0.29) is 0 Å². The van der Waals surface area contributed by atoms with Crippen LogP contribution in [-0.4, -0.2) is 10.1 Å². The molecular weight excluding hydrogens is 206 g/mol. The maximum atomic E-state index is 9.41. The van der Waals surface area contributed by atoms with Crippen LogP contribution in [0.3, 0.4) is 0 Å². The summed E-state index contributed by atoms with van der Waals surface area (Å²) in [4.78, 5) is 5.22. The van der Waals surface area contributed by atoms with Crippen LogP contribution in [0.5, 0.6) is 0 Å². The highest BCUT2D eigenvalue weighted by molar-refractivity contribution is 7.15. The molecule has 1 aromatic carbocycles. The molecule has 0 bridgehead atoms. The van der Waals surface area contributed by atoms with E-state index < -0.39 is 6.10 Å². The van der Waals surface area contributed by atoms with Gasteiger partial charge in [-0.25, -0.2) is 4.98 Å². The smallest absolute Gasteiger partial charge is 0.123 e. The van der Waals surface area contributed by atoms with Gasteiger partial charge < -0.3 is 5.11 Å². The van der Waals surface area contributed by atoms with Crippen LogP contribution in [0.1, 0.15) is 23.5 Å². The van der Waals surface area contributed by atoms with Gasteiger partial charge in [-0.15, -0.1) is 11.3 Å². The lowest BCUT2D eigenvalue weighted by Gasteiger charge is -1.98. The highest BCUT2D eigenvalue weighted by Gasteiger charge is 2.08. The number of hydrogen-bond acceptors (Lipinski definition) is 3. The molecule has 0 fully saturated rings. The number of benzene rings is 1. The summed E-state index contributed by atoms with van der Waals surface area (Å²) in [6.45, 7) is 3.82. The van der Waals surface area contributed by atoms with Crippen LogP contribution in [0.4, 0.5) is 0 Å². The molecule has 0 aliphatic rings. The Morgan fingerprint density at radius 1 is 1.40 bits per heavy atom. The first-order chi connectivity index (χ1) is 7.16. The van der Waals surface area contributed by atoms with Crippen molar-refractivity contribution in [3.05, 3.63) is 40.9 Å². The summed E-state index contributed by atoms with van der Waals surface area (Å²) >= 11 is 1.54. The number of aliphatic hydroxyl groups excluding tert-OH is 1. The monoisotopic (exact) mass is 219 g/mol. The fraction of sp³-hybridized carbons (Fsp3) is 0.250. The molecule has 0 spiro atoms. The SMILES string of the molecule is Cc1cccc(-c2ncc(C(C)O)s2)c1. The number of aliphatic hydroxyl groups is 1. The fourth-order valence-corrected chi connectivity index (χ4v) is 2.24. The quantitative estimate of drug-likeness (QED) is 0.841. The molecule has 1 atom stereocenters. The van der Waals surface area contributed by atoms with E-state index in [4.69, 9.17) is 0 Å². The molecule has 1 N–H and O–H groups in total. The predicted octanol–water partition coefficient (Wildman–Crippen LogP) is 3.17. The van der Waals surface area contributed by atoms with Gasteiger partial charge in [0.15, 0.2) is 0 Å². The first-order valence-electron chi connectivity index (χ1n) is 4.87. The Bertz CT molecular complexity index is 462. The number of rotatable bonds is 2. The van der Waals surface area contributed by atoms with Crippen molar-refractivity contribution in [3.63, 3.8) is 0 Å². The second-order valence-electron chi connectivity index (χ2n) is 3.61. The minimum atomic E-state index is -0.430. The zero-order chi connectivity index (χ0) is 10.8. The second-order valence-corrected chi connectivity index (χ2v) is 4.68. The van der Waals surface area contributed by atoms with Crippen LogP contribution in [0.25, 0.3) is 10.6 Å². The predicted molar refractivity (Wildman–Crippen MR) is 62.9 cm³/mol. The molecule has 0 aliphatic heterocycles. The number of thiazole rings is 1. The molecule has 1 heterocycles. The van der Waals surface area contributed by atoms with Crippen molar-refractivity contribution in [3.8, 4) is 10.6 Å². The molecule has 2 rings (SSSR count). The Morgan fingerprint density at radius 2 is 2.20 bits per heavy atom. The van der Waals surface area contributed by atoms with Gasteiger partial charge in [-0.1, -0.05) is 23.8 Å². The first kappa shape index (κ1) is 10.3. The van der Waals surface area contributed by atoms with Gasteiger partial charge in [-0.3, -0.25) is 0 Å². The summed E-state index contributed by atoms with van der Waals surface area (Å²) in [7, 11) is 0. The van der Waals surface area contributed by atoms with Gasteiger partial charge in [-0.2, -0.15) is 0 Å². The molecule has 15 heavy (non-hydrogen) atoms. The normalized spacial score (nSPS) is 12.7. The maximum Gasteiger partial charge on any atom is 0.123 e.